The van der Waals surface area contributed by atoms with Crippen LogP contribution in [0.3, 0.4) is 0 Å². The molecule has 1 saturated carbocycles. The quantitative estimate of drug-likeness (QED) is 0.393. The van der Waals surface area contributed by atoms with Gasteiger partial charge in [-0.3, -0.25) is 14.5 Å². The fraction of sp³-hybridized carbons (Fsp3) is 0.276. The number of hydrogen-bond acceptors (Lipinski definition) is 5. The molecule has 2 N–H and O–H groups in total. The summed E-state index contributed by atoms with van der Waals surface area (Å²) in [5.74, 6) is -1.50. The third-order valence-corrected chi connectivity index (χ3v) is 8.42. The fourth-order valence-electron chi connectivity index (χ4n) is 4.09. The summed E-state index contributed by atoms with van der Waals surface area (Å²) in [5.41, 5.74) is 0.365. The molecule has 0 unspecified atom stereocenters. The molecule has 1 fully saturated rings. The summed E-state index contributed by atoms with van der Waals surface area (Å²) < 4.78 is 24.8. The smallest absolute Gasteiger partial charge is 0.329 e. The van der Waals surface area contributed by atoms with E-state index < -0.39 is 27.3 Å². The van der Waals surface area contributed by atoms with Gasteiger partial charge in [0.05, 0.1) is 17.1 Å². The normalized spacial score (nSPS) is 13.5. The SMILES string of the molecule is CC(C)(C(=O)O)N(C(=O)c1ccc(NC(=O)Cc2ccc(S(=O)(=O)CC3CC3)cc2)cc1)c1ccccc1. The van der Waals surface area contributed by atoms with Crippen LogP contribution in [0.2, 0.25) is 0 Å². The van der Waals surface area contributed by atoms with E-state index in [1.165, 1.54) is 43.0 Å². The first kappa shape index (κ1) is 27.1. The monoisotopic (exact) mass is 534 g/mol. The van der Waals surface area contributed by atoms with E-state index in [1.54, 1.807) is 54.6 Å². The Morgan fingerprint density at radius 2 is 1.53 bits per heavy atom. The van der Waals surface area contributed by atoms with Crippen LogP contribution in [-0.4, -0.2) is 42.6 Å². The molecular formula is C29H30N2O6S. The number of carbonyl (C=O) groups excluding carboxylic acids is 2. The first-order valence-electron chi connectivity index (χ1n) is 12.3. The molecule has 2 amide bonds. The number of para-hydroxylation sites is 1. The lowest BCUT2D eigenvalue weighted by Gasteiger charge is -2.35. The molecule has 0 spiro atoms. The number of anilines is 2. The van der Waals surface area contributed by atoms with Crippen molar-refractivity contribution in [3.8, 4) is 0 Å². The van der Waals surface area contributed by atoms with Crippen molar-refractivity contribution in [1.82, 2.24) is 0 Å². The highest BCUT2D eigenvalue weighted by molar-refractivity contribution is 7.91. The van der Waals surface area contributed by atoms with Gasteiger partial charge in [-0.1, -0.05) is 30.3 Å². The highest BCUT2D eigenvalue weighted by Gasteiger charge is 2.39. The number of amides is 2. The number of benzene rings is 3. The van der Waals surface area contributed by atoms with Crippen molar-refractivity contribution in [2.45, 2.75) is 43.5 Å². The molecule has 0 heterocycles. The first-order valence-corrected chi connectivity index (χ1v) is 14.0. The number of carboxylic acids is 1. The molecule has 198 valence electrons. The Morgan fingerprint density at radius 1 is 0.921 bits per heavy atom. The van der Waals surface area contributed by atoms with Crippen LogP contribution in [0.4, 0.5) is 11.4 Å². The zero-order valence-electron chi connectivity index (χ0n) is 21.3. The topological polar surface area (TPSA) is 121 Å². The van der Waals surface area contributed by atoms with Crippen molar-refractivity contribution >= 4 is 39.0 Å². The van der Waals surface area contributed by atoms with Gasteiger partial charge in [0.1, 0.15) is 5.54 Å². The van der Waals surface area contributed by atoms with Gasteiger partial charge in [0.15, 0.2) is 9.84 Å². The molecule has 0 radical (unpaired) electrons. The second-order valence-electron chi connectivity index (χ2n) is 10.0. The summed E-state index contributed by atoms with van der Waals surface area (Å²) in [6, 6.07) is 21.2. The maximum Gasteiger partial charge on any atom is 0.329 e. The van der Waals surface area contributed by atoms with E-state index in [1.807, 2.05) is 0 Å². The number of nitrogens with zero attached hydrogens (tertiary/aromatic N) is 1. The van der Waals surface area contributed by atoms with E-state index in [0.717, 1.165) is 12.8 Å². The second-order valence-corrected chi connectivity index (χ2v) is 12.0. The lowest BCUT2D eigenvalue weighted by molar-refractivity contribution is -0.141. The molecule has 4 rings (SSSR count). The summed E-state index contributed by atoms with van der Waals surface area (Å²) in [6.45, 7) is 2.92. The third kappa shape index (κ3) is 6.28. The van der Waals surface area contributed by atoms with Gasteiger partial charge in [0.2, 0.25) is 5.91 Å². The zero-order chi connectivity index (χ0) is 27.5. The van der Waals surface area contributed by atoms with Crippen LogP contribution in [0.5, 0.6) is 0 Å². The molecule has 3 aromatic rings. The molecule has 3 aromatic carbocycles. The maximum atomic E-state index is 13.4. The van der Waals surface area contributed by atoms with Gasteiger partial charge in [-0.25, -0.2) is 13.2 Å². The second kappa shape index (κ2) is 10.8. The van der Waals surface area contributed by atoms with Crippen LogP contribution in [0.25, 0.3) is 0 Å². The van der Waals surface area contributed by atoms with Crippen LogP contribution in [0.1, 0.15) is 42.6 Å². The maximum absolute atomic E-state index is 13.4. The lowest BCUT2D eigenvalue weighted by atomic mass is 10.00. The number of rotatable bonds is 10. The van der Waals surface area contributed by atoms with Gasteiger partial charge in [0.25, 0.3) is 5.91 Å². The van der Waals surface area contributed by atoms with Gasteiger partial charge < -0.3 is 10.4 Å². The standard InChI is InChI=1S/C29H30N2O6S/c1-29(2,28(34)35)31(24-6-4-3-5-7-24)27(33)22-12-14-23(15-13-22)30-26(32)18-20-10-16-25(17-11-20)38(36,37)19-21-8-9-21/h3-7,10-17,21H,8-9,18-19H2,1-2H3,(H,30,32)(H,34,35). The van der Waals surface area contributed by atoms with E-state index in [2.05, 4.69) is 5.32 Å². The Bertz CT molecular complexity index is 1430. The Hall–Kier alpha value is -3.98. The molecule has 38 heavy (non-hydrogen) atoms. The summed E-state index contributed by atoms with van der Waals surface area (Å²) in [5, 5.41) is 12.5. The number of aliphatic carboxylic acids is 1. The molecule has 1 aliphatic rings. The van der Waals surface area contributed by atoms with Crippen LogP contribution in [-0.2, 0) is 25.8 Å². The molecule has 8 nitrogen and oxygen atoms in total. The van der Waals surface area contributed by atoms with Crippen LogP contribution in [0, 0.1) is 5.92 Å². The van der Waals surface area contributed by atoms with Crippen molar-refractivity contribution < 1.29 is 27.9 Å². The Labute approximate surface area is 222 Å². The fourth-order valence-corrected chi connectivity index (χ4v) is 5.79. The molecule has 0 bridgehead atoms. The summed E-state index contributed by atoms with van der Waals surface area (Å²) in [6.07, 6.45) is 1.97. The minimum Gasteiger partial charge on any atom is -0.480 e. The van der Waals surface area contributed by atoms with Crippen LogP contribution < -0.4 is 10.2 Å². The van der Waals surface area contributed by atoms with Crippen LogP contribution >= 0.6 is 0 Å². The number of sulfone groups is 1. The van der Waals surface area contributed by atoms with Crippen molar-refractivity contribution in [2.75, 3.05) is 16.0 Å². The van der Waals surface area contributed by atoms with Crippen molar-refractivity contribution in [3.63, 3.8) is 0 Å². The molecule has 1 aliphatic carbocycles. The van der Waals surface area contributed by atoms with Gasteiger partial charge in [-0.15, -0.1) is 0 Å². The zero-order valence-corrected chi connectivity index (χ0v) is 22.1. The molecule has 0 aromatic heterocycles. The Kier molecular flexibility index (Phi) is 7.68. The number of carbonyl (C=O) groups is 3. The van der Waals surface area contributed by atoms with E-state index in [9.17, 15) is 27.9 Å². The predicted molar refractivity (Wildman–Crippen MR) is 145 cm³/mol. The van der Waals surface area contributed by atoms with Gasteiger partial charge in [-0.05, 0) is 86.7 Å². The van der Waals surface area contributed by atoms with Crippen LogP contribution in [0.15, 0.2) is 83.8 Å². The van der Waals surface area contributed by atoms with E-state index in [4.69, 9.17) is 0 Å². The summed E-state index contributed by atoms with van der Waals surface area (Å²) in [4.78, 5) is 39.4. The number of carboxylic acid groups (broad SMARTS) is 1. The van der Waals surface area contributed by atoms with Gasteiger partial charge in [0, 0.05) is 16.9 Å². The summed E-state index contributed by atoms with van der Waals surface area (Å²) in [7, 11) is -3.30. The van der Waals surface area contributed by atoms with E-state index in [-0.39, 0.29) is 34.5 Å². The van der Waals surface area contributed by atoms with Crippen molar-refractivity contribution in [3.05, 3.63) is 90.0 Å². The van der Waals surface area contributed by atoms with Gasteiger partial charge in [-0.2, -0.15) is 0 Å². The first-order chi connectivity index (χ1) is 18.0. The lowest BCUT2D eigenvalue weighted by Crippen LogP contribution is -2.53. The predicted octanol–water partition coefficient (Wildman–Crippen LogP) is 4.56. The number of nitrogens with one attached hydrogen (secondary N) is 1. The molecule has 9 heteroatoms. The van der Waals surface area contributed by atoms with Gasteiger partial charge >= 0.3 is 5.97 Å². The van der Waals surface area contributed by atoms with Crippen molar-refractivity contribution in [2.24, 2.45) is 5.92 Å². The molecular weight excluding hydrogens is 504 g/mol. The Balaban J connectivity index is 1.42. The summed E-state index contributed by atoms with van der Waals surface area (Å²) >= 11 is 0. The molecule has 0 saturated heterocycles. The number of hydrogen-bond donors (Lipinski definition) is 2. The minimum atomic E-state index is -3.30. The Morgan fingerprint density at radius 3 is 2.08 bits per heavy atom. The average molecular weight is 535 g/mol. The highest BCUT2D eigenvalue weighted by atomic mass is 32.2. The van der Waals surface area contributed by atoms with E-state index in [0.29, 0.717) is 16.9 Å². The largest absolute Gasteiger partial charge is 0.480 e. The third-order valence-electron chi connectivity index (χ3n) is 6.51. The molecule has 0 atom stereocenters. The highest BCUT2D eigenvalue weighted by Crippen LogP contribution is 2.32. The van der Waals surface area contributed by atoms with Crippen molar-refractivity contribution in [1.29, 1.82) is 0 Å². The average Bonchev–Trinajstić information content (AvgIpc) is 3.68. The molecule has 0 aliphatic heterocycles. The van der Waals surface area contributed by atoms with E-state index >= 15 is 0 Å². The minimum absolute atomic E-state index is 0.0538.